The molecule has 0 saturated heterocycles. The van der Waals surface area contributed by atoms with Crippen molar-refractivity contribution in [3.63, 3.8) is 0 Å². The van der Waals surface area contributed by atoms with Crippen LogP contribution >= 0.6 is 0 Å². The van der Waals surface area contributed by atoms with Crippen LogP contribution in [0.2, 0.25) is 0 Å². The summed E-state index contributed by atoms with van der Waals surface area (Å²) >= 11 is 0. The van der Waals surface area contributed by atoms with Gasteiger partial charge in [0.25, 0.3) is 0 Å². The highest BCUT2D eigenvalue weighted by atomic mass is 19.1. The zero-order chi connectivity index (χ0) is 25.1. The summed E-state index contributed by atoms with van der Waals surface area (Å²) in [5, 5.41) is 3.00. The van der Waals surface area contributed by atoms with E-state index in [0.717, 1.165) is 53.8 Å². The Morgan fingerprint density at radius 3 is 2.86 bits per heavy atom. The number of aromatic amines is 1. The number of halogens is 1. The average Bonchev–Trinajstić information content (AvgIpc) is 2.87. The number of rotatable bonds is 5. The van der Waals surface area contributed by atoms with Crippen molar-refractivity contribution >= 4 is 12.2 Å². The van der Waals surface area contributed by atoms with E-state index < -0.39 is 0 Å². The number of benzene rings is 1. The van der Waals surface area contributed by atoms with Gasteiger partial charge in [-0.25, -0.2) is 9.18 Å². The zero-order valence-electron chi connectivity index (χ0n) is 20.2. The van der Waals surface area contributed by atoms with Crippen molar-refractivity contribution in [3.8, 4) is 11.1 Å². The maximum atomic E-state index is 13.6. The first-order valence-electron chi connectivity index (χ1n) is 12.6. The lowest BCUT2D eigenvalue weighted by atomic mass is 9.63. The molecule has 0 radical (unpaired) electrons. The van der Waals surface area contributed by atoms with Crippen molar-refractivity contribution in [2.45, 2.75) is 44.6 Å². The van der Waals surface area contributed by atoms with E-state index in [1.807, 2.05) is 30.3 Å². The molecule has 5 rings (SSSR count). The fourth-order valence-electron chi connectivity index (χ4n) is 5.76. The van der Waals surface area contributed by atoms with Crippen molar-refractivity contribution in [1.82, 2.24) is 15.3 Å². The van der Waals surface area contributed by atoms with E-state index in [1.54, 1.807) is 25.3 Å². The molecule has 2 aliphatic rings. The molecule has 2 aromatic heterocycles. The van der Waals surface area contributed by atoms with Crippen LogP contribution in [0.1, 0.15) is 49.1 Å². The van der Waals surface area contributed by atoms with Crippen LogP contribution in [0.25, 0.3) is 17.2 Å². The lowest BCUT2D eigenvalue weighted by molar-refractivity contribution is 0.128. The number of hydrogen-bond acceptors (Lipinski definition) is 4. The first-order valence-corrected chi connectivity index (χ1v) is 12.6. The average molecular weight is 488 g/mol. The minimum atomic E-state index is -0.366. The number of nitrogens with one attached hydrogen (secondary N) is 2. The highest BCUT2D eigenvalue weighted by molar-refractivity contribution is 5.67. The SMILES string of the molecule is CCOC(=O)N[C@@H]1CC[C@@H]2[C@H](Cc3[nH]c(=O)ccc3[C@H]2C=Cc2ccc(-c3cccc(F)c3)cn2)C1. The van der Waals surface area contributed by atoms with Crippen LogP contribution in [0.4, 0.5) is 9.18 Å². The van der Waals surface area contributed by atoms with Gasteiger partial charge in [0.2, 0.25) is 5.56 Å². The molecule has 1 amide bonds. The van der Waals surface area contributed by atoms with Gasteiger partial charge in [0.15, 0.2) is 0 Å². The Kier molecular flexibility index (Phi) is 6.98. The number of nitrogens with zero attached hydrogens (tertiary/aromatic N) is 1. The summed E-state index contributed by atoms with van der Waals surface area (Å²) in [5.41, 5.74) is 4.51. The number of fused-ring (bicyclic) bond motifs is 2. The van der Waals surface area contributed by atoms with E-state index in [0.29, 0.717) is 18.4 Å². The molecule has 4 atom stereocenters. The van der Waals surface area contributed by atoms with Crippen molar-refractivity contribution < 1.29 is 13.9 Å². The highest BCUT2D eigenvalue weighted by Gasteiger charge is 2.40. The molecule has 0 unspecified atom stereocenters. The number of aromatic nitrogens is 2. The molecule has 1 aromatic carbocycles. The molecule has 0 aliphatic heterocycles. The number of H-pyrrole nitrogens is 1. The van der Waals surface area contributed by atoms with Gasteiger partial charge in [-0.1, -0.05) is 30.3 Å². The molecule has 186 valence electrons. The predicted octanol–water partition coefficient (Wildman–Crippen LogP) is 5.46. The molecular weight excluding hydrogens is 457 g/mol. The van der Waals surface area contributed by atoms with Crippen molar-refractivity contribution in [3.05, 3.63) is 93.9 Å². The van der Waals surface area contributed by atoms with Crippen LogP contribution in [0, 0.1) is 17.7 Å². The Morgan fingerprint density at radius 1 is 1.19 bits per heavy atom. The van der Waals surface area contributed by atoms with Gasteiger partial charge in [-0.2, -0.15) is 0 Å². The molecule has 6 nitrogen and oxygen atoms in total. The van der Waals surface area contributed by atoms with E-state index >= 15 is 0 Å². The van der Waals surface area contributed by atoms with Crippen LogP contribution in [0.3, 0.4) is 0 Å². The number of hydrogen-bond donors (Lipinski definition) is 2. The van der Waals surface area contributed by atoms with Crippen LogP contribution in [0.15, 0.2) is 65.6 Å². The second-order valence-electron chi connectivity index (χ2n) is 9.63. The Labute approximate surface area is 209 Å². The summed E-state index contributed by atoms with van der Waals surface area (Å²) < 4.78 is 18.7. The van der Waals surface area contributed by atoms with Gasteiger partial charge in [0.05, 0.1) is 12.3 Å². The number of allylic oxidation sites excluding steroid dienone is 1. The van der Waals surface area contributed by atoms with Gasteiger partial charge in [-0.15, -0.1) is 0 Å². The minimum Gasteiger partial charge on any atom is -0.450 e. The number of ether oxygens (including phenoxy) is 1. The normalized spacial score (nSPS) is 23.1. The quantitative estimate of drug-likeness (QED) is 0.501. The van der Waals surface area contributed by atoms with E-state index in [9.17, 15) is 14.0 Å². The third-order valence-electron chi connectivity index (χ3n) is 7.38. The minimum absolute atomic E-state index is 0.0731. The molecule has 2 aliphatic carbocycles. The Balaban J connectivity index is 1.37. The largest absolute Gasteiger partial charge is 0.450 e. The molecule has 0 bridgehead atoms. The van der Waals surface area contributed by atoms with Crippen LogP contribution in [-0.4, -0.2) is 28.7 Å². The number of amides is 1. The standard InChI is InChI=1S/C29H30FN3O3/c1-2-36-29(35)32-23-9-10-24-20(15-23)16-27-26(12-13-28(34)33-27)25(24)11-8-22-7-6-19(17-31-22)18-4-3-5-21(30)14-18/h3-8,11-14,17,20,23-25H,2,9-10,15-16H2,1H3,(H,32,35)(H,33,34)/t20-,23+,24+,25-/m0/s1. The zero-order valence-corrected chi connectivity index (χ0v) is 20.2. The molecule has 3 aromatic rings. The second kappa shape index (κ2) is 10.5. The fourth-order valence-corrected chi connectivity index (χ4v) is 5.76. The summed E-state index contributed by atoms with van der Waals surface area (Å²) in [6, 6.07) is 14.0. The van der Waals surface area contributed by atoms with E-state index in [4.69, 9.17) is 4.74 Å². The topological polar surface area (TPSA) is 84.1 Å². The molecule has 7 heteroatoms. The summed E-state index contributed by atoms with van der Waals surface area (Å²) in [6.07, 6.45) is 9.13. The van der Waals surface area contributed by atoms with Gasteiger partial charge < -0.3 is 15.0 Å². The summed E-state index contributed by atoms with van der Waals surface area (Å²) in [5.74, 6) is 0.622. The molecule has 2 heterocycles. The maximum absolute atomic E-state index is 13.6. The first-order chi connectivity index (χ1) is 17.5. The van der Waals surface area contributed by atoms with Gasteiger partial charge >= 0.3 is 6.09 Å². The number of carbonyl (C=O) groups is 1. The van der Waals surface area contributed by atoms with Gasteiger partial charge in [0, 0.05) is 35.5 Å². The molecule has 0 spiro atoms. The van der Waals surface area contributed by atoms with Crippen molar-refractivity contribution in [2.24, 2.45) is 11.8 Å². The molecule has 1 saturated carbocycles. The highest BCUT2D eigenvalue weighted by Crippen LogP contribution is 2.47. The lowest BCUT2D eigenvalue weighted by Crippen LogP contribution is -2.44. The third-order valence-corrected chi connectivity index (χ3v) is 7.38. The Bertz CT molecular complexity index is 1320. The number of carbonyl (C=O) groups excluding carboxylic acids is 1. The molecular formula is C29H30FN3O3. The van der Waals surface area contributed by atoms with Gasteiger partial charge in [0.1, 0.15) is 5.82 Å². The van der Waals surface area contributed by atoms with Crippen LogP contribution < -0.4 is 10.9 Å². The Morgan fingerprint density at radius 2 is 2.08 bits per heavy atom. The van der Waals surface area contributed by atoms with Crippen molar-refractivity contribution in [1.29, 1.82) is 0 Å². The smallest absolute Gasteiger partial charge is 0.407 e. The van der Waals surface area contributed by atoms with Crippen LogP contribution in [-0.2, 0) is 11.2 Å². The third kappa shape index (κ3) is 5.25. The summed E-state index contributed by atoms with van der Waals surface area (Å²) in [6.45, 7) is 2.15. The molecule has 36 heavy (non-hydrogen) atoms. The van der Waals surface area contributed by atoms with Gasteiger partial charge in [-0.05, 0) is 79.8 Å². The first kappa shape index (κ1) is 24.0. The van der Waals surface area contributed by atoms with E-state index in [2.05, 4.69) is 21.4 Å². The molecule has 2 N–H and O–H groups in total. The summed E-state index contributed by atoms with van der Waals surface area (Å²) in [4.78, 5) is 31.6. The lowest BCUT2D eigenvalue weighted by Gasteiger charge is -2.43. The Hall–Kier alpha value is -3.74. The van der Waals surface area contributed by atoms with E-state index in [-0.39, 0.29) is 29.4 Å². The monoisotopic (exact) mass is 487 g/mol. The fraction of sp³-hybridized carbons (Fsp3) is 0.345. The number of alkyl carbamates (subject to hydrolysis) is 1. The predicted molar refractivity (Wildman–Crippen MR) is 137 cm³/mol. The molecule has 1 fully saturated rings. The van der Waals surface area contributed by atoms with Crippen LogP contribution in [0.5, 0.6) is 0 Å². The van der Waals surface area contributed by atoms with E-state index in [1.165, 1.54) is 12.1 Å². The van der Waals surface area contributed by atoms with Crippen molar-refractivity contribution in [2.75, 3.05) is 6.61 Å². The van der Waals surface area contributed by atoms with Gasteiger partial charge in [-0.3, -0.25) is 9.78 Å². The maximum Gasteiger partial charge on any atom is 0.407 e. The number of pyridine rings is 2. The second-order valence-corrected chi connectivity index (χ2v) is 9.63. The summed E-state index contributed by atoms with van der Waals surface area (Å²) in [7, 11) is 0.